The molecule has 20 heavy (non-hydrogen) atoms. The van der Waals surface area contributed by atoms with E-state index in [-0.39, 0.29) is 12.6 Å². The van der Waals surface area contributed by atoms with Gasteiger partial charge in [0.15, 0.2) is 0 Å². The molecule has 1 aliphatic rings. The number of nitrogens with zero attached hydrogens (tertiary/aromatic N) is 2. The molecule has 1 aliphatic heterocycles. The Morgan fingerprint density at radius 3 is 2.70 bits per heavy atom. The standard InChI is InChI=1S/C13H18N4O3/c14-12(16-19-10-11-4-2-1-3-5-11)20-13(18)17-8-6-15-7-9-17/h1-5,15H,6-10H2,(H2,14,16). The lowest BCUT2D eigenvalue weighted by Crippen LogP contribution is -2.47. The first-order valence-electron chi connectivity index (χ1n) is 6.42. The first kappa shape index (κ1) is 14.1. The minimum Gasteiger partial charge on any atom is -0.387 e. The predicted octanol–water partition coefficient (Wildman–Crippen LogP) is 0.475. The van der Waals surface area contributed by atoms with Crippen LogP contribution in [-0.4, -0.2) is 43.2 Å². The van der Waals surface area contributed by atoms with Gasteiger partial charge in [0.25, 0.3) is 0 Å². The number of piperazine rings is 1. The molecule has 3 N–H and O–H groups in total. The van der Waals surface area contributed by atoms with Gasteiger partial charge in [-0.1, -0.05) is 30.3 Å². The maximum Gasteiger partial charge on any atom is 0.417 e. The zero-order valence-corrected chi connectivity index (χ0v) is 11.1. The molecule has 108 valence electrons. The van der Waals surface area contributed by atoms with Crippen LogP contribution < -0.4 is 11.1 Å². The molecular weight excluding hydrogens is 260 g/mol. The summed E-state index contributed by atoms with van der Waals surface area (Å²) in [6.45, 7) is 2.95. The third-order valence-electron chi connectivity index (χ3n) is 2.80. The molecule has 0 aliphatic carbocycles. The molecule has 1 heterocycles. The van der Waals surface area contributed by atoms with Gasteiger partial charge in [-0.25, -0.2) is 4.79 Å². The number of hydrogen-bond acceptors (Lipinski definition) is 5. The van der Waals surface area contributed by atoms with Gasteiger partial charge in [-0.15, -0.1) is 0 Å². The number of ether oxygens (including phenoxy) is 1. The molecule has 0 bridgehead atoms. The third kappa shape index (κ3) is 4.43. The van der Waals surface area contributed by atoms with E-state index in [0.717, 1.165) is 18.7 Å². The van der Waals surface area contributed by atoms with Crippen LogP contribution >= 0.6 is 0 Å². The van der Waals surface area contributed by atoms with E-state index in [1.54, 1.807) is 4.90 Å². The second kappa shape index (κ2) is 7.34. The van der Waals surface area contributed by atoms with E-state index < -0.39 is 6.09 Å². The highest BCUT2D eigenvalue weighted by atomic mass is 16.7. The number of oxime groups is 1. The van der Waals surface area contributed by atoms with Crippen molar-refractivity contribution in [3.05, 3.63) is 35.9 Å². The Hall–Kier alpha value is -2.28. The minimum absolute atomic E-state index is 0.271. The number of nitrogens with one attached hydrogen (secondary N) is 1. The number of carbonyl (C=O) groups is 1. The second-order valence-corrected chi connectivity index (χ2v) is 4.29. The monoisotopic (exact) mass is 278 g/mol. The molecule has 1 aromatic carbocycles. The smallest absolute Gasteiger partial charge is 0.387 e. The van der Waals surface area contributed by atoms with E-state index in [9.17, 15) is 4.79 Å². The van der Waals surface area contributed by atoms with Crippen molar-refractivity contribution in [2.24, 2.45) is 10.9 Å². The molecule has 1 aromatic rings. The van der Waals surface area contributed by atoms with Gasteiger partial charge in [0.05, 0.1) is 0 Å². The number of amidine groups is 1. The van der Waals surface area contributed by atoms with Gasteiger partial charge in [-0.3, -0.25) is 0 Å². The Morgan fingerprint density at radius 1 is 1.30 bits per heavy atom. The zero-order valence-electron chi connectivity index (χ0n) is 11.1. The van der Waals surface area contributed by atoms with E-state index in [1.807, 2.05) is 30.3 Å². The van der Waals surface area contributed by atoms with Crippen LogP contribution in [0.15, 0.2) is 35.5 Å². The van der Waals surface area contributed by atoms with Gasteiger partial charge in [-0.2, -0.15) is 0 Å². The van der Waals surface area contributed by atoms with Gasteiger partial charge >= 0.3 is 12.1 Å². The molecule has 0 radical (unpaired) electrons. The quantitative estimate of drug-likeness (QED) is 0.477. The fourth-order valence-electron chi connectivity index (χ4n) is 1.76. The summed E-state index contributed by atoms with van der Waals surface area (Å²) in [6.07, 6.45) is -0.504. The largest absolute Gasteiger partial charge is 0.417 e. The Morgan fingerprint density at radius 2 is 2.00 bits per heavy atom. The summed E-state index contributed by atoms with van der Waals surface area (Å²) >= 11 is 0. The maximum absolute atomic E-state index is 11.7. The number of benzene rings is 1. The molecule has 0 unspecified atom stereocenters. The highest BCUT2D eigenvalue weighted by Gasteiger charge is 2.18. The molecule has 2 rings (SSSR count). The molecule has 0 spiro atoms. The van der Waals surface area contributed by atoms with Gasteiger partial charge < -0.3 is 25.5 Å². The Balaban J connectivity index is 1.74. The van der Waals surface area contributed by atoms with Gasteiger partial charge in [-0.05, 0) is 10.7 Å². The normalized spacial score (nSPS) is 15.8. The number of nitrogens with two attached hydrogens (primary N) is 1. The van der Waals surface area contributed by atoms with Gasteiger partial charge in [0, 0.05) is 26.2 Å². The summed E-state index contributed by atoms with van der Waals surface area (Å²) in [5.41, 5.74) is 6.44. The van der Waals surface area contributed by atoms with Crippen molar-refractivity contribution in [3.8, 4) is 0 Å². The van der Waals surface area contributed by atoms with E-state index >= 15 is 0 Å². The lowest BCUT2D eigenvalue weighted by Gasteiger charge is -2.25. The molecular formula is C13H18N4O3. The molecule has 1 amide bonds. The summed E-state index contributed by atoms with van der Waals surface area (Å²) in [5, 5.41) is 6.70. The first-order valence-corrected chi connectivity index (χ1v) is 6.42. The average Bonchev–Trinajstić information content (AvgIpc) is 2.49. The van der Waals surface area contributed by atoms with Crippen LogP contribution in [-0.2, 0) is 16.2 Å². The van der Waals surface area contributed by atoms with E-state index in [4.69, 9.17) is 15.3 Å². The zero-order chi connectivity index (χ0) is 14.2. The van der Waals surface area contributed by atoms with E-state index in [1.165, 1.54) is 0 Å². The Kier molecular flexibility index (Phi) is 5.19. The second-order valence-electron chi connectivity index (χ2n) is 4.29. The van der Waals surface area contributed by atoms with Gasteiger partial charge in [0.2, 0.25) is 0 Å². The highest BCUT2D eigenvalue weighted by Crippen LogP contribution is 2.01. The summed E-state index contributed by atoms with van der Waals surface area (Å²) < 4.78 is 4.89. The lowest BCUT2D eigenvalue weighted by molar-refractivity contribution is 0.111. The summed E-state index contributed by atoms with van der Waals surface area (Å²) in [5.74, 6) is 0. The molecule has 0 aromatic heterocycles. The summed E-state index contributed by atoms with van der Waals surface area (Å²) in [6, 6.07) is 9.23. The summed E-state index contributed by atoms with van der Waals surface area (Å²) in [7, 11) is 0. The topological polar surface area (TPSA) is 89.2 Å². The molecule has 0 saturated carbocycles. The van der Waals surface area contributed by atoms with Crippen LogP contribution in [0.1, 0.15) is 5.56 Å². The number of hydrogen-bond donors (Lipinski definition) is 2. The molecule has 1 saturated heterocycles. The van der Waals surface area contributed by atoms with Crippen LogP contribution in [0, 0.1) is 0 Å². The molecule has 7 nitrogen and oxygen atoms in total. The lowest BCUT2D eigenvalue weighted by atomic mass is 10.2. The summed E-state index contributed by atoms with van der Waals surface area (Å²) in [4.78, 5) is 18.3. The van der Waals surface area contributed by atoms with E-state index in [0.29, 0.717) is 13.1 Å². The van der Waals surface area contributed by atoms with Crippen LogP contribution in [0.2, 0.25) is 0 Å². The van der Waals surface area contributed by atoms with Crippen LogP contribution in [0.25, 0.3) is 0 Å². The number of rotatable bonds is 3. The fourth-order valence-corrected chi connectivity index (χ4v) is 1.76. The van der Waals surface area contributed by atoms with Crippen molar-refractivity contribution in [3.63, 3.8) is 0 Å². The predicted molar refractivity (Wildman–Crippen MR) is 73.8 cm³/mol. The molecule has 1 fully saturated rings. The van der Waals surface area contributed by atoms with Crippen molar-refractivity contribution in [2.75, 3.05) is 26.2 Å². The van der Waals surface area contributed by atoms with Crippen molar-refractivity contribution in [1.29, 1.82) is 0 Å². The van der Waals surface area contributed by atoms with Crippen molar-refractivity contribution >= 4 is 12.1 Å². The minimum atomic E-state index is -0.504. The van der Waals surface area contributed by atoms with Gasteiger partial charge in [0.1, 0.15) is 6.61 Å². The fraction of sp³-hybridized carbons (Fsp3) is 0.385. The van der Waals surface area contributed by atoms with Crippen LogP contribution in [0.3, 0.4) is 0 Å². The number of amides is 1. The SMILES string of the molecule is NC(=NOCc1ccccc1)OC(=O)N1CCNCC1. The van der Waals surface area contributed by atoms with Crippen LogP contribution in [0.5, 0.6) is 0 Å². The van der Waals surface area contributed by atoms with E-state index in [2.05, 4.69) is 10.5 Å². The van der Waals surface area contributed by atoms with Crippen LogP contribution in [0.4, 0.5) is 4.79 Å². The van der Waals surface area contributed by atoms with Crippen molar-refractivity contribution in [1.82, 2.24) is 10.2 Å². The van der Waals surface area contributed by atoms with Crippen molar-refractivity contribution in [2.45, 2.75) is 6.61 Å². The molecule has 0 atom stereocenters. The Bertz CT molecular complexity index is 458. The highest BCUT2D eigenvalue weighted by molar-refractivity contribution is 5.85. The first-order chi connectivity index (χ1) is 9.75. The number of carbonyl (C=O) groups excluding carboxylic acids is 1. The average molecular weight is 278 g/mol. The van der Waals surface area contributed by atoms with Crippen molar-refractivity contribution < 1.29 is 14.4 Å². The Labute approximate surface area is 117 Å². The molecule has 7 heteroatoms. The third-order valence-corrected chi connectivity index (χ3v) is 2.80. The maximum atomic E-state index is 11.7.